The van der Waals surface area contributed by atoms with E-state index in [1.807, 2.05) is 32.9 Å². The molecule has 0 bridgehead atoms. The van der Waals surface area contributed by atoms with Crippen molar-refractivity contribution in [1.82, 2.24) is 10.2 Å². The number of anilines is 1. The molecule has 0 saturated heterocycles. The molecule has 10 heteroatoms. The summed E-state index contributed by atoms with van der Waals surface area (Å²) >= 11 is 0. The Bertz CT molecular complexity index is 1380. The van der Waals surface area contributed by atoms with Crippen LogP contribution in [0.2, 0.25) is 0 Å². The summed E-state index contributed by atoms with van der Waals surface area (Å²) in [6, 6.07) is 20.7. The molecule has 0 aliphatic carbocycles. The highest BCUT2D eigenvalue weighted by atomic mass is 32.2. The lowest BCUT2D eigenvalue weighted by Gasteiger charge is -2.33. The monoisotopic (exact) mass is 567 g/mol. The van der Waals surface area contributed by atoms with Crippen molar-refractivity contribution < 1.29 is 27.5 Å². The Morgan fingerprint density at radius 3 is 2.10 bits per heavy atom. The van der Waals surface area contributed by atoms with Crippen molar-refractivity contribution in [2.75, 3.05) is 25.1 Å². The SMILES string of the molecule is CC[C@@H](C(=O)NC(C)C)N(Cc1ccc(OC)cc1)C(=O)CN(c1cccc(OC)c1)S(=O)(=O)c1ccccc1. The van der Waals surface area contributed by atoms with Crippen molar-refractivity contribution in [2.45, 2.75) is 50.7 Å². The van der Waals surface area contributed by atoms with Crippen LogP contribution < -0.4 is 19.1 Å². The number of hydrogen-bond donors (Lipinski definition) is 1. The van der Waals surface area contributed by atoms with Crippen LogP contribution in [-0.4, -0.2) is 58.0 Å². The van der Waals surface area contributed by atoms with Gasteiger partial charge in [-0.1, -0.05) is 43.3 Å². The maximum absolute atomic E-state index is 14.1. The van der Waals surface area contributed by atoms with Crippen molar-refractivity contribution in [3.63, 3.8) is 0 Å². The van der Waals surface area contributed by atoms with Crippen molar-refractivity contribution in [3.05, 3.63) is 84.4 Å². The van der Waals surface area contributed by atoms with E-state index in [0.29, 0.717) is 17.9 Å². The zero-order valence-electron chi connectivity index (χ0n) is 23.5. The summed E-state index contributed by atoms with van der Waals surface area (Å²) in [5.41, 5.74) is 1.03. The van der Waals surface area contributed by atoms with Crippen LogP contribution in [0.4, 0.5) is 5.69 Å². The van der Waals surface area contributed by atoms with Gasteiger partial charge in [0, 0.05) is 18.7 Å². The minimum absolute atomic E-state index is 0.0388. The van der Waals surface area contributed by atoms with Gasteiger partial charge in [0.05, 0.1) is 24.8 Å². The molecule has 0 heterocycles. The van der Waals surface area contributed by atoms with E-state index in [-0.39, 0.29) is 29.1 Å². The molecule has 3 aromatic rings. The van der Waals surface area contributed by atoms with Crippen molar-refractivity contribution in [3.8, 4) is 11.5 Å². The first kappa shape index (κ1) is 30.5. The van der Waals surface area contributed by atoms with Crippen molar-refractivity contribution >= 4 is 27.5 Å². The Balaban J connectivity index is 2.06. The highest BCUT2D eigenvalue weighted by Gasteiger charge is 2.34. The van der Waals surface area contributed by atoms with E-state index in [1.54, 1.807) is 61.7 Å². The molecule has 0 fully saturated rings. The number of nitrogens with one attached hydrogen (secondary N) is 1. The summed E-state index contributed by atoms with van der Waals surface area (Å²) in [4.78, 5) is 28.7. The van der Waals surface area contributed by atoms with Gasteiger partial charge in [0.15, 0.2) is 0 Å². The average Bonchev–Trinajstić information content (AvgIpc) is 2.96. The smallest absolute Gasteiger partial charge is 0.264 e. The van der Waals surface area contributed by atoms with Crippen molar-refractivity contribution in [1.29, 1.82) is 0 Å². The van der Waals surface area contributed by atoms with Gasteiger partial charge in [0.25, 0.3) is 10.0 Å². The Hall–Kier alpha value is -4.05. The molecule has 0 aromatic heterocycles. The lowest BCUT2D eigenvalue weighted by molar-refractivity contribution is -0.140. The standard InChI is InChI=1S/C30H37N3O6S/c1-6-28(30(35)31-22(2)3)32(20-23-15-17-25(38-4)18-16-23)29(34)21-33(24-11-10-12-26(19-24)39-5)40(36,37)27-13-8-7-9-14-27/h7-19,22,28H,6,20-21H2,1-5H3,(H,31,35)/t28-/m0/s1. The van der Waals surface area contributed by atoms with Crippen LogP contribution in [0.5, 0.6) is 11.5 Å². The van der Waals surface area contributed by atoms with E-state index >= 15 is 0 Å². The van der Waals surface area contributed by atoms with Gasteiger partial charge in [-0.3, -0.25) is 13.9 Å². The molecular weight excluding hydrogens is 530 g/mol. The highest BCUT2D eigenvalue weighted by molar-refractivity contribution is 7.92. The van der Waals surface area contributed by atoms with Crippen LogP contribution in [0.25, 0.3) is 0 Å². The summed E-state index contributed by atoms with van der Waals surface area (Å²) in [6.07, 6.45) is 0.338. The fraction of sp³-hybridized carbons (Fsp3) is 0.333. The number of amides is 2. The molecule has 1 atom stereocenters. The topological polar surface area (TPSA) is 105 Å². The van der Waals surface area contributed by atoms with Crippen LogP contribution in [0, 0.1) is 0 Å². The van der Waals surface area contributed by atoms with Gasteiger partial charge >= 0.3 is 0 Å². The van der Waals surface area contributed by atoms with Gasteiger partial charge in [0.2, 0.25) is 11.8 Å². The second-order valence-electron chi connectivity index (χ2n) is 9.48. The number of rotatable bonds is 13. The first-order chi connectivity index (χ1) is 19.1. The molecule has 0 unspecified atom stereocenters. The minimum Gasteiger partial charge on any atom is -0.497 e. The molecule has 9 nitrogen and oxygen atoms in total. The normalized spacial score (nSPS) is 11.9. The first-order valence-electron chi connectivity index (χ1n) is 13.0. The van der Waals surface area contributed by atoms with Crippen LogP contribution in [0.3, 0.4) is 0 Å². The highest BCUT2D eigenvalue weighted by Crippen LogP contribution is 2.28. The van der Waals surface area contributed by atoms with Crippen LogP contribution in [-0.2, 0) is 26.2 Å². The number of ether oxygens (including phenoxy) is 2. The van der Waals surface area contributed by atoms with E-state index < -0.39 is 28.5 Å². The fourth-order valence-electron chi connectivity index (χ4n) is 4.24. The third-order valence-electron chi connectivity index (χ3n) is 6.28. The van der Waals surface area contributed by atoms with Gasteiger partial charge in [-0.2, -0.15) is 0 Å². The second kappa shape index (κ2) is 13.8. The summed E-state index contributed by atoms with van der Waals surface area (Å²) in [5, 5.41) is 2.89. The van der Waals surface area contributed by atoms with Crippen molar-refractivity contribution in [2.24, 2.45) is 0 Å². The molecule has 3 rings (SSSR count). The molecule has 0 spiro atoms. The van der Waals surface area contributed by atoms with Gasteiger partial charge in [0.1, 0.15) is 24.1 Å². The summed E-state index contributed by atoms with van der Waals surface area (Å²) in [6.45, 7) is 5.09. The Kier molecular flexibility index (Phi) is 10.6. The number of carbonyl (C=O) groups is 2. The molecular formula is C30H37N3O6S. The molecule has 2 amide bonds. The average molecular weight is 568 g/mol. The van der Waals surface area contributed by atoms with E-state index in [0.717, 1.165) is 9.87 Å². The Morgan fingerprint density at radius 1 is 0.875 bits per heavy atom. The van der Waals surface area contributed by atoms with E-state index in [9.17, 15) is 18.0 Å². The van der Waals surface area contributed by atoms with E-state index in [1.165, 1.54) is 24.1 Å². The molecule has 214 valence electrons. The van der Waals surface area contributed by atoms with E-state index in [2.05, 4.69) is 5.32 Å². The molecule has 40 heavy (non-hydrogen) atoms. The largest absolute Gasteiger partial charge is 0.497 e. The summed E-state index contributed by atoms with van der Waals surface area (Å²) < 4.78 is 39.3. The maximum Gasteiger partial charge on any atom is 0.264 e. The van der Waals surface area contributed by atoms with Crippen LogP contribution in [0.15, 0.2) is 83.8 Å². The maximum atomic E-state index is 14.1. The van der Waals surface area contributed by atoms with Crippen LogP contribution in [0.1, 0.15) is 32.8 Å². The number of methoxy groups -OCH3 is 2. The lowest BCUT2D eigenvalue weighted by Crippen LogP contribution is -2.53. The van der Waals surface area contributed by atoms with Gasteiger partial charge in [-0.25, -0.2) is 8.42 Å². The lowest BCUT2D eigenvalue weighted by atomic mass is 10.1. The molecule has 3 aromatic carbocycles. The van der Waals surface area contributed by atoms with Crippen LogP contribution >= 0.6 is 0 Å². The summed E-state index contributed by atoms with van der Waals surface area (Å²) in [7, 11) is -1.10. The third kappa shape index (κ3) is 7.53. The molecule has 0 aliphatic heterocycles. The number of benzene rings is 3. The Labute approximate surface area is 236 Å². The van der Waals surface area contributed by atoms with E-state index in [4.69, 9.17) is 9.47 Å². The zero-order valence-corrected chi connectivity index (χ0v) is 24.4. The second-order valence-corrected chi connectivity index (χ2v) is 11.3. The zero-order chi connectivity index (χ0) is 29.3. The molecule has 0 saturated carbocycles. The third-order valence-corrected chi connectivity index (χ3v) is 8.07. The number of hydrogen-bond acceptors (Lipinski definition) is 6. The van der Waals surface area contributed by atoms with Gasteiger partial charge in [-0.05, 0) is 62.2 Å². The molecule has 0 radical (unpaired) electrons. The quantitative estimate of drug-likeness (QED) is 0.332. The summed E-state index contributed by atoms with van der Waals surface area (Å²) in [5.74, 6) is 0.266. The van der Waals surface area contributed by atoms with Gasteiger partial charge in [-0.15, -0.1) is 0 Å². The predicted octanol–water partition coefficient (Wildman–Crippen LogP) is 4.23. The number of sulfonamides is 1. The first-order valence-corrected chi connectivity index (χ1v) is 14.5. The fourth-order valence-corrected chi connectivity index (χ4v) is 5.67. The minimum atomic E-state index is -4.15. The number of carbonyl (C=O) groups excluding carboxylic acids is 2. The molecule has 1 N–H and O–H groups in total. The molecule has 0 aliphatic rings. The number of nitrogens with zero attached hydrogens (tertiary/aromatic N) is 2. The van der Waals surface area contributed by atoms with Gasteiger partial charge < -0.3 is 19.7 Å². The Morgan fingerprint density at radius 2 is 1.52 bits per heavy atom. The predicted molar refractivity (Wildman–Crippen MR) is 155 cm³/mol.